The first-order valence-corrected chi connectivity index (χ1v) is 9.82. The molecule has 3 rings (SSSR count). The molecule has 29 heavy (non-hydrogen) atoms. The number of imide groups is 1. The fourth-order valence-electron chi connectivity index (χ4n) is 3.80. The maximum absolute atomic E-state index is 13.1. The van der Waals surface area contributed by atoms with E-state index >= 15 is 0 Å². The topological polar surface area (TPSA) is 108 Å². The lowest BCUT2D eigenvalue weighted by molar-refractivity contribution is -0.131. The van der Waals surface area contributed by atoms with Crippen LogP contribution in [0.4, 0.5) is 9.18 Å². The molecule has 1 aromatic rings. The zero-order valence-corrected chi connectivity index (χ0v) is 16.1. The summed E-state index contributed by atoms with van der Waals surface area (Å²) in [6.45, 7) is 0.480. The fraction of sp³-hybridized carbons (Fsp3) is 0.500. The summed E-state index contributed by atoms with van der Waals surface area (Å²) in [6.07, 6.45) is 3.17. The molecule has 1 spiro atoms. The summed E-state index contributed by atoms with van der Waals surface area (Å²) in [4.78, 5) is 49.5. The number of urea groups is 1. The van der Waals surface area contributed by atoms with Crippen LogP contribution in [-0.4, -0.2) is 53.8 Å². The number of hydrogen-bond donors (Lipinski definition) is 3. The molecule has 1 aromatic carbocycles. The molecule has 1 aliphatic carbocycles. The van der Waals surface area contributed by atoms with Crippen molar-refractivity contribution in [1.29, 1.82) is 0 Å². The SMILES string of the molecule is O=C(CCN1C(=O)NC2(CCCC2)C1=O)NCCNC(=O)Cc1cccc(F)c1. The minimum absolute atomic E-state index is 0.00643. The highest BCUT2D eigenvalue weighted by Gasteiger charge is 2.52. The van der Waals surface area contributed by atoms with Gasteiger partial charge in [0, 0.05) is 26.1 Å². The van der Waals surface area contributed by atoms with Crippen molar-refractivity contribution in [2.24, 2.45) is 0 Å². The summed E-state index contributed by atoms with van der Waals surface area (Å²) in [5.41, 5.74) is -0.195. The second-order valence-corrected chi connectivity index (χ2v) is 7.43. The molecule has 1 saturated heterocycles. The van der Waals surface area contributed by atoms with Gasteiger partial charge in [-0.1, -0.05) is 25.0 Å². The largest absolute Gasteiger partial charge is 0.354 e. The number of nitrogens with one attached hydrogen (secondary N) is 3. The lowest BCUT2D eigenvalue weighted by Crippen LogP contribution is -2.44. The molecule has 1 aliphatic heterocycles. The predicted octanol–water partition coefficient (Wildman–Crippen LogP) is 0.855. The zero-order valence-electron chi connectivity index (χ0n) is 16.1. The van der Waals surface area contributed by atoms with Crippen LogP contribution < -0.4 is 16.0 Å². The number of halogens is 1. The number of benzene rings is 1. The Morgan fingerprint density at radius 3 is 2.48 bits per heavy atom. The maximum atomic E-state index is 13.1. The first-order valence-electron chi connectivity index (χ1n) is 9.82. The number of carbonyl (C=O) groups excluding carboxylic acids is 4. The molecule has 8 nitrogen and oxygen atoms in total. The summed E-state index contributed by atoms with van der Waals surface area (Å²) >= 11 is 0. The van der Waals surface area contributed by atoms with Gasteiger partial charge in [-0.25, -0.2) is 9.18 Å². The van der Waals surface area contributed by atoms with Crippen molar-refractivity contribution in [3.63, 3.8) is 0 Å². The van der Waals surface area contributed by atoms with Crippen LogP contribution >= 0.6 is 0 Å². The van der Waals surface area contributed by atoms with Crippen LogP contribution in [0.5, 0.6) is 0 Å². The monoisotopic (exact) mass is 404 g/mol. The molecule has 3 N–H and O–H groups in total. The molecular formula is C20H25FN4O4. The Morgan fingerprint density at radius 1 is 1.10 bits per heavy atom. The van der Waals surface area contributed by atoms with Gasteiger partial charge >= 0.3 is 6.03 Å². The third-order valence-electron chi connectivity index (χ3n) is 5.29. The summed E-state index contributed by atoms with van der Waals surface area (Å²) in [6, 6.07) is 5.37. The van der Waals surface area contributed by atoms with E-state index in [-0.39, 0.29) is 50.2 Å². The van der Waals surface area contributed by atoms with Crippen molar-refractivity contribution in [3.8, 4) is 0 Å². The van der Waals surface area contributed by atoms with Gasteiger partial charge in [-0.2, -0.15) is 0 Å². The van der Waals surface area contributed by atoms with Crippen LogP contribution in [0.3, 0.4) is 0 Å². The van der Waals surface area contributed by atoms with Crippen LogP contribution in [-0.2, 0) is 20.8 Å². The number of nitrogens with zero attached hydrogens (tertiary/aromatic N) is 1. The Morgan fingerprint density at radius 2 is 1.79 bits per heavy atom. The third kappa shape index (κ3) is 5.10. The first-order chi connectivity index (χ1) is 13.9. The lowest BCUT2D eigenvalue weighted by Gasteiger charge is -2.19. The Balaban J connectivity index is 1.33. The molecule has 156 valence electrons. The van der Waals surface area contributed by atoms with E-state index in [1.54, 1.807) is 6.07 Å². The van der Waals surface area contributed by atoms with E-state index in [2.05, 4.69) is 16.0 Å². The van der Waals surface area contributed by atoms with Gasteiger partial charge in [0.2, 0.25) is 11.8 Å². The van der Waals surface area contributed by atoms with E-state index in [0.717, 1.165) is 17.7 Å². The van der Waals surface area contributed by atoms with Gasteiger partial charge < -0.3 is 16.0 Å². The van der Waals surface area contributed by atoms with Crippen LogP contribution in [0.25, 0.3) is 0 Å². The average Bonchev–Trinajstić information content (AvgIpc) is 3.23. The Bertz CT molecular complexity index is 807. The number of hydrogen-bond acceptors (Lipinski definition) is 4. The molecule has 9 heteroatoms. The summed E-state index contributed by atoms with van der Waals surface area (Å²) in [5.74, 6) is -1.22. The van der Waals surface area contributed by atoms with E-state index in [4.69, 9.17) is 0 Å². The van der Waals surface area contributed by atoms with Crippen molar-refractivity contribution >= 4 is 23.8 Å². The highest BCUT2D eigenvalue weighted by atomic mass is 19.1. The predicted molar refractivity (Wildman–Crippen MR) is 102 cm³/mol. The maximum Gasteiger partial charge on any atom is 0.325 e. The molecule has 0 atom stereocenters. The molecule has 1 heterocycles. The molecule has 1 saturated carbocycles. The molecule has 0 radical (unpaired) electrons. The summed E-state index contributed by atoms with van der Waals surface area (Å²) < 4.78 is 13.1. The van der Waals surface area contributed by atoms with Gasteiger partial charge in [-0.15, -0.1) is 0 Å². The summed E-state index contributed by atoms with van der Waals surface area (Å²) in [5, 5.41) is 8.06. The van der Waals surface area contributed by atoms with Crippen molar-refractivity contribution in [3.05, 3.63) is 35.6 Å². The fourth-order valence-corrected chi connectivity index (χ4v) is 3.80. The summed E-state index contributed by atoms with van der Waals surface area (Å²) in [7, 11) is 0. The normalized spacial score (nSPS) is 17.5. The van der Waals surface area contributed by atoms with E-state index < -0.39 is 17.4 Å². The quantitative estimate of drug-likeness (QED) is 0.441. The third-order valence-corrected chi connectivity index (χ3v) is 5.29. The van der Waals surface area contributed by atoms with Gasteiger partial charge in [0.05, 0.1) is 6.42 Å². The number of rotatable bonds is 8. The van der Waals surface area contributed by atoms with E-state index in [1.165, 1.54) is 18.2 Å². The molecule has 0 bridgehead atoms. The van der Waals surface area contributed by atoms with Crippen molar-refractivity contribution in [2.45, 2.75) is 44.1 Å². The second kappa shape index (κ2) is 9.02. The van der Waals surface area contributed by atoms with E-state index in [9.17, 15) is 23.6 Å². The minimum atomic E-state index is -0.764. The first kappa shape index (κ1) is 20.8. The van der Waals surface area contributed by atoms with Crippen LogP contribution in [0.15, 0.2) is 24.3 Å². The van der Waals surface area contributed by atoms with Gasteiger partial charge in [0.1, 0.15) is 11.4 Å². The highest BCUT2D eigenvalue weighted by Crippen LogP contribution is 2.34. The Labute approximate surface area is 168 Å². The van der Waals surface area contributed by atoms with Gasteiger partial charge in [-0.05, 0) is 30.5 Å². The molecule has 5 amide bonds. The Hall–Kier alpha value is -2.97. The molecule has 2 fully saturated rings. The molecule has 0 aromatic heterocycles. The average molecular weight is 404 g/mol. The van der Waals surface area contributed by atoms with Crippen LogP contribution in [0.2, 0.25) is 0 Å². The van der Waals surface area contributed by atoms with Crippen LogP contribution in [0, 0.1) is 5.82 Å². The van der Waals surface area contributed by atoms with Gasteiger partial charge in [-0.3, -0.25) is 19.3 Å². The van der Waals surface area contributed by atoms with Gasteiger partial charge in [0.25, 0.3) is 5.91 Å². The van der Waals surface area contributed by atoms with Gasteiger partial charge in [0.15, 0.2) is 0 Å². The second-order valence-electron chi connectivity index (χ2n) is 7.43. The van der Waals surface area contributed by atoms with Crippen molar-refractivity contribution < 1.29 is 23.6 Å². The zero-order chi connectivity index (χ0) is 20.9. The molecule has 2 aliphatic rings. The van der Waals surface area contributed by atoms with Crippen LogP contribution in [0.1, 0.15) is 37.7 Å². The smallest absolute Gasteiger partial charge is 0.325 e. The van der Waals surface area contributed by atoms with E-state index in [1.807, 2.05) is 0 Å². The highest BCUT2D eigenvalue weighted by molar-refractivity contribution is 6.07. The van der Waals surface area contributed by atoms with Crippen molar-refractivity contribution in [2.75, 3.05) is 19.6 Å². The molecular weight excluding hydrogens is 379 g/mol. The molecule has 0 unspecified atom stereocenters. The van der Waals surface area contributed by atoms with E-state index in [0.29, 0.717) is 18.4 Å². The minimum Gasteiger partial charge on any atom is -0.354 e. The van der Waals surface area contributed by atoms with Crippen molar-refractivity contribution in [1.82, 2.24) is 20.9 Å². The lowest BCUT2D eigenvalue weighted by atomic mass is 9.98. The Kier molecular flexibility index (Phi) is 6.46. The standard InChI is InChI=1S/C20H25FN4O4/c21-15-5-3-4-14(12-15)13-17(27)23-10-9-22-16(26)6-11-25-18(28)20(24-19(25)29)7-1-2-8-20/h3-5,12H,1-2,6-11,13H2,(H,22,26)(H,23,27)(H,24,29). The number of carbonyl (C=O) groups is 4. The number of amides is 5.